The van der Waals surface area contributed by atoms with Crippen LogP contribution >= 0.6 is 0 Å². The first-order valence-corrected chi connectivity index (χ1v) is 5.32. The van der Waals surface area contributed by atoms with Gasteiger partial charge >= 0.3 is 18.6 Å². The van der Waals surface area contributed by atoms with Crippen molar-refractivity contribution in [2.75, 3.05) is 46.6 Å². The molecular formula is C11H26N2O3V. The van der Waals surface area contributed by atoms with Crippen molar-refractivity contribution in [3.63, 3.8) is 0 Å². The molecule has 0 unspecified atom stereocenters. The number of hydrogen-bond donors (Lipinski definition) is 2. The Morgan fingerprint density at radius 2 is 1.47 bits per heavy atom. The Bertz CT molecular complexity index is 119. The molecular weight excluding hydrogens is 259 g/mol. The van der Waals surface area contributed by atoms with Gasteiger partial charge in [-0.25, -0.2) is 0 Å². The molecule has 0 saturated carbocycles. The molecule has 0 aromatic rings. The van der Waals surface area contributed by atoms with Gasteiger partial charge < -0.3 is 32.3 Å². The van der Waals surface area contributed by atoms with Gasteiger partial charge in [0.2, 0.25) is 0 Å². The van der Waals surface area contributed by atoms with E-state index < -0.39 is 0 Å². The molecule has 0 bridgehead atoms. The summed E-state index contributed by atoms with van der Waals surface area (Å²) in [6.45, 7) is 7.70. The summed E-state index contributed by atoms with van der Waals surface area (Å²) in [5.74, 6) is 0. The molecule has 2 N–H and O–H groups in total. The normalized spacial score (nSPS) is 7.94. The number of nitrogens with one attached hydrogen (secondary N) is 2. The summed E-state index contributed by atoms with van der Waals surface area (Å²) < 4.78 is 10.3. The van der Waals surface area contributed by atoms with Crippen LogP contribution < -0.4 is 10.6 Å². The molecule has 5 nitrogen and oxygen atoms in total. The van der Waals surface area contributed by atoms with Gasteiger partial charge in [0.15, 0.2) is 0 Å². The third-order valence-electron chi connectivity index (χ3n) is 1.31. The van der Waals surface area contributed by atoms with Crippen LogP contribution in [0.2, 0.25) is 0 Å². The van der Waals surface area contributed by atoms with Crippen molar-refractivity contribution in [2.45, 2.75) is 13.8 Å². The predicted octanol–water partition coefficient (Wildman–Crippen LogP) is 0.370. The SMILES string of the molecule is CC.CNCCOCCOCCN[C-]=O.[CH3-].[V+2]. The second-order valence-corrected chi connectivity index (χ2v) is 2.36. The predicted molar refractivity (Wildman–Crippen MR) is 67.0 cm³/mol. The molecule has 0 aromatic carbocycles. The van der Waals surface area contributed by atoms with Crippen LogP contribution in [0.1, 0.15) is 13.8 Å². The minimum atomic E-state index is 0. The van der Waals surface area contributed by atoms with Crippen molar-refractivity contribution >= 4 is 6.41 Å². The fraction of sp³-hybridized carbons (Fsp3) is 0.818. The maximum Gasteiger partial charge on any atom is 2.00 e. The molecule has 17 heavy (non-hydrogen) atoms. The van der Waals surface area contributed by atoms with E-state index in [1.165, 1.54) is 0 Å². The summed E-state index contributed by atoms with van der Waals surface area (Å²) in [7, 11) is 1.88. The summed E-state index contributed by atoms with van der Waals surface area (Å²) in [6.07, 6.45) is 1.57. The summed E-state index contributed by atoms with van der Waals surface area (Å²) in [5.41, 5.74) is 0. The molecule has 0 aliphatic carbocycles. The largest absolute Gasteiger partial charge is 2.00 e. The second kappa shape index (κ2) is 29.7. The Labute approximate surface area is 118 Å². The number of carbonyl (C=O) groups excluding carboxylic acids is 1. The number of amides is 1. The zero-order valence-corrected chi connectivity index (χ0v) is 12.8. The van der Waals surface area contributed by atoms with Crippen LogP contribution in [0.4, 0.5) is 0 Å². The first-order chi connectivity index (χ1) is 7.41. The van der Waals surface area contributed by atoms with Gasteiger partial charge in [0.05, 0.1) is 26.4 Å². The summed E-state index contributed by atoms with van der Waals surface area (Å²) in [5, 5.41) is 5.35. The van der Waals surface area contributed by atoms with Gasteiger partial charge in [-0.15, -0.1) is 0 Å². The smallest absolute Gasteiger partial charge is 0.528 e. The number of ether oxygens (including phenoxy) is 2. The molecule has 0 heterocycles. The molecule has 0 aliphatic heterocycles. The van der Waals surface area contributed by atoms with Crippen LogP contribution in [0, 0.1) is 7.43 Å². The van der Waals surface area contributed by atoms with Crippen LogP contribution in [-0.2, 0) is 32.8 Å². The topological polar surface area (TPSA) is 59.6 Å². The molecule has 6 heteroatoms. The molecule has 0 saturated heterocycles. The zero-order valence-electron chi connectivity index (χ0n) is 11.4. The molecule has 0 rings (SSSR count). The average Bonchev–Trinajstić information content (AvgIpc) is 2.30. The molecule has 0 spiro atoms. The van der Waals surface area contributed by atoms with Gasteiger partial charge in [0, 0.05) is 13.1 Å². The fourth-order valence-electron chi connectivity index (χ4n) is 0.670. The maximum absolute atomic E-state index is 9.69. The van der Waals surface area contributed by atoms with Crippen molar-refractivity contribution in [2.24, 2.45) is 0 Å². The molecule has 0 aromatic heterocycles. The van der Waals surface area contributed by atoms with Crippen molar-refractivity contribution in [3.8, 4) is 0 Å². The second-order valence-electron chi connectivity index (χ2n) is 2.36. The van der Waals surface area contributed by atoms with E-state index in [4.69, 9.17) is 9.47 Å². The summed E-state index contributed by atoms with van der Waals surface area (Å²) >= 11 is 0. The van der Waals surface area contributed by atoms with Crippen molar-refractivity contribution in [1.82, 2.24) is 10.6 Å². The Hall–Kier alpha value is -0.0656. The Morgan fingerprint density at radius 1 is 1.00 bits per heavy atom. The average molecular weight is 285 g/mol. The van der Waals surface area contributed by atoms with Crippen LogP contribution in [0.25, 0.3) is 0 Å². The van der Waals surface area contributed by atoms with Crippen LogP contribution in [0.15, 0.2) is 0 Å². The Kier molecular flexibility index (Phi) is 44.9. The number of likely N-dealkylation sites (N-methyl/N-ethyl adjacent to an activating group) is 1. The minimum Gasteiger partial charge on any atom is -0.528 e. The molecule has 1 amide bonds. The van der Waals surface area contributed by atoms with Crippen LogP contribution in [-0.4, -0.2) is 53.0 Å². The van der Waals surface area contributed by atoms with Gasteiger partial charge in [0.25, 0.3) is 0 Å². The van der Waals surface area contributed by atoms with Crippen molar-refractivity contribution in [1.29, 1.82) is 0 Å². The van der Waals surface area contributed by atoms with Crippen molar-refractivity contribution in [3.05, 3.63) is 7.43 Å². The van der Waals surface area contributed by atoms with E-state index >= 15 is 0 Å². The monoisotopic (exact) mass is 285 g/mol. The maximum atomic E-state index is 9.69. The van der Waals surface area contributed by atoms with Gasteiger partial charge in [-0.1, -0.05) is 13.8 Å². The van der Waals surface area contributed by atoms with Gasteiger partial charge in [-0.3, -0.25) is 0 Å². The quantitative estimate of drug-likeness (QED) is 0.346. The Balaban J connectivity index is -0.000000199. The third kappa shape index (κ3) is 31.3. The van der Waals surface area contributed by atoms with Crippen LogP contribution in [0.5, 0.6) is 0 Å². The van der Waals surface area contributed by atoms with E-state index in [-0.39, 0.29) is 26.0 Å². The van der Waals surface area contributed by atoms with Gasteiger partial charge in [-0.05, 0) is 7.05 Å². The third-order valence-corrected chi connectivity index (χ3v) is 1.31. The number of hydrogen-bond acceptors (Lipinski definition) is 4. The van der Waals surface area contributed by atoms with Gasteiger partial charge in [-0.2, -0.15) is 6.41 Å². The van der Waals surface area contributed by atoms with E-state index in [0.717, 1.165) is 6.54 Å². The van der Waals surface area contributed by atoms with Crippen LogP contribution in [0.3, 0.4) is 0 Å². The van der Waals surface area contributed by atoms with E-state index in [1.807, 2.05) is 20.9 Å². The van der Waals surface area contributed by atoms with E-state index in [1.54, 1.807) is 6.41 Å². The molecule has 0 fully saturated rings. The zero-order chi connectivity index (χ0) is 11.8. The molecule has 0 atom stereocenters. The molecule has 103 valence electrons. The fourth-order valence-corrected chi connectivity index (χ4v) is 0.670. The molecule has 1 radical (unpaired) electrons. The first-order valence-electron chi connectivity index (χ1n) is 5.32. The number of rotatable bonds is 10. The van der Waals surface area contributed by atoms with Crippen molar-refractivity contribution < 1.29 is 32.8 Å². The molecule has 0 aliphatic rings. The standard InChI is InChI=1S/C8H17N2O3.C2H6.CH3.V/c1-9-2-4-12-6-7-13-5-3-10-8-11;1-2;;/h9H,2-7H2,1H3,(H,10,11);1-2H3;1H3;/q-1;;-1;+2. The van der Waals surface area contributed by atoms with E-state index in [2.05, 4.69) is 10.6 Å². The Morgan fingerprint density at radius 3 is 1.88 bits per heavy atom. The summed E-state index contributed by atoms with van der Waals surface area (Å²) in [6, 6.07) is 0. The minimum absolute atomic E-state index is 0. The van der Waals surface area contributed by atoms with E-state index in [0.29, 0.717) is 33.0 Å². The first kappa shape index (κ1) is 25.7. The summed E-state index contributed by atoms with van der Waals surface area (Å²) in [4.78, 5) is 9.69. The van der Waals surface area contributed by atoms with Gasteiger partial charge in [0.1, 0.15) is 0 Å². The van der Waals surface area contributed by atoms with E-state index in [9.17, 15) is 4.79 Å².